The third-order valence-electron chi connectivity index (χ3n) is 2.96. The van der Waals surface area contributed by atoms with Crippen LogP contribution in [0.5, 0.6) is 0 Å². The molecule has 0 saturated heterocycles. The molecule has 0 atom stereocenters. The Morgan fingerprint density at radius 2 is 1.50 bits per heavy atom. The Balaban J connectivity index is 2.32. The van der Waals surface area contributed by atoms with Crippen LogP contribution in [0, 0.1) is 6.92 Å². The number of carbonyl (C=O) groups excluding carboxylic acids is 1. The van der Waals surface area contributed by atoms with Gasteiger partial charge in [-0.25, -0.2) is 17.9 Å². The van der Waals surface area contributed by atoms with Gasteiger partial charge in [0, 0.05) is 0 Å². The molecule has 1 amide bonds. The van der Waals surface area contributed by atoms with Crippen LogP contribution < -0.4 is 4.72 Å². The van der Waals surface area contributed by atoms with Crippen molar-refractivity contribution in [1.29, 1.82) is 0 Å². The third kappa shape index (κ3) is 3.32. The van der Waals surface area contributed by atoms with Gasteiger partial charge in [-0.1, -0.05) is 29.8 Å². The van der Waals surface area contributed by atoms with E-state index in [1.807, 2.05) is 4.72 Å². The minimum absolute atomic E-state index is 0.0701. The molecule has 0 aliphatic rings. The van der Waals surface area contributed by atoms with Crippen LogP contribution in [0.2, 0.25) is 0 Å². The number of sulfonamides is 1. The summed E-state index contributed by atoms with van der Waals surface area (Å²) < 4.78 is 26.1. The molecule has 0 bridgehead atoms. The summed E-state index contributed by atoms with van der Waals surface area (Å²) in [6, 6.07) is 11.3. The van der Waals surface area contributed by atoms with E-state index in [4.69, 9.17) is 5.11 Å². The number of amides is 1. The van der Waals surface area contributed by atoms with Gasteiger partial charge in [-0.3, -0.25) is 4.79 Å². The zero-order valence-corrected chi connectivity index (χ0v) is 12.4. The van der Waals surface area contributed by atoms with Crippen molar-refractivity contribution in [1.82, 2.24) is 4.72 Å². The van der Waals surface area contributed by atoms with E-state index in [1.165, 1.54) is 36.4 Å². The number of carboxylic acids is 1. The highest BCUT2D eigenvalue weighted by molar-refractivity contribution is 7.90. The molecule has 0 saturated carbocycles. The summed E-state index contributed by atoms with van der Waals surface area (Å²) in [6.07, 6.45) is 0. The van der Waals surface area contributed by atoms with Gasteiger partial charge in [-0.2, -0.15) is 0 Å². The predicted molar refractivity (Wildman–Crippen MR) is 79.2 cm³/mol. The summed E-state index contributed by atoms with van der Waals surface area (Å²) >= 11 is 0. The largest absolute Gasteiger partial charge is 0.478 e. The topological polar surface area (TPSA) is 101 Å². The molecule has 0 aliphatic heterocycles. The Kier molecular flexibility index (Phi) is 4.27. The molecular formula is C15H13NO5S. The monoisotopic (exact) mass is 319 g/mol. The summed E-state index contributed by atoms with van der Waals surface area (Å²) in [5, 5.41) is 9.03. The maximum Gasteiger partial charge on any atom is 0.336 e. The zero-order chi connectivity index (χ0) is 16.3. The van der Waals surface area contributed by atoms with Crippen molar-refractivity contribution in [3.63, 3.8) is 0 Å². The molecule has 0 aromatic heterocycles. The molecule has 0 spiro atoms. The lowest BCUT2D eigenvalue weighted by Crippen LogP contribution is -2.31. The molecule has 2 rings (SSSR count). The number of hydrogen-bond donors (Lipinski definition) is 2. The highest BCUT2D eigenvalue weighted by Gasteiger charge is 2.22. The van der Waals surface area contributed by atoms with E-state index in [-0.39, 0.29) is 16.0 Å². The molecule has 2 aromatic carbocycles. The summed E-state index contributed by atoms with van der Waals surface area (Å²) in [7, 11) is -4.06. The number of aromatic carboxylic acids is 1. The third-order valence-corrected chi connectivity index (χ3v) is 4.31. The van der Waals surface area contributed by atoms with Crippen LogP contribution in [-0.2, 0) is 10.0 Å². The van der Waals surface area contributed by atoms with Crippen molar-refractivity contribution in [2.24, 2.45) is 0 Å². The SMILES string of the molecule is Cc1ccc(S(=O)(=O)NC(=O)c2ccccc2C(=O)O)cc1. The minimum Gasteiger partial charge on any atom is -0.478 e. The second-order valence-corrected chi connectivity index (χ2v) is 6.28. The van der Waals surface area contributed by atoms with E-state index in [0.29, 0.717) is 0 Å². The van der Waals surface area contributed by atoms with Crippen LogP contribution >= 0.6 is 0 Å². The van der Waals surface area contributed by atoms with Gasteiger partial charge >= 0.3 is 5.97 Å². The summed E-state index contributed by atoms with van der Waals surface area (Å²) in [5.41, 5.74) is 0.395. The average molecular weight is 319 g/mol. The van der Waals surface area contributed by atoms with Crippen LogP contribution in [0.1, 0.15) is 26.3 Å². The first-order valence-electron chi connectivity index (χ1n) is 6.27. The number of benzene rings is 2. The second kappa shape index (κ2) is 5.98. The van der Waals surface area contributed by atoms with Crippen molar-refractivity contribution in [2.75, 3.05) is 0 Å². The molecule has 114 valence electrons. The number of rotatable bonds is 4. The van der Waals surface area contributed by atoms with Crippen molar-refractivity contribution in [2.45, 2.75) is 11.8 Å². The van der Waals surface area contributed by atoms with E-state index >= 15 is 0 Å². The molecule has 0 fully saturated rings. The Bertz CT molecular complexity index is 825. The first kappa shape index (κ1) is 15.7. The molecule has 0 aliphatic carbocycles. The molecule has 22 heavy (non-hydrogen) atoms. The molecule has 6 nitrogen and oxygen atoms in total. The van der Waals surface area contributed by atoms with E-state index in [9.17, 15) is 18.0 Å². The maximum absolute atomic E-state index is 12.1. The van der Waals surface area contributed by atoms with Crippen LogP contribution in [0.15, 0.2) is 53.4 Å². The summed E-state index contributed by atoms with van der Waals surface area (Å²) in [6.45, 7) is 1.80. The van der Waals surface area contributed by atoms with E-state index < -0.39 is 21.9 Å². The van der Waals surface area contributed by atoms with Crippen LogP contribution in [0.4, 0.5) is 0 Å². The Morgan fingerprint density at radius 3 is 2.05 bits per heavy atom. The van der Waals surface area contributed by atoms with E-state index in [0.717, 1.165) is 5.56 Å². The number of nitrogens with one attached hydrogen (secondary N) is 1. The van der Waals surface area contributed by atoms with Crippen LogP contribution in [-0.4, -0.2) is 25.4 Å². The number of carbonyl (C=O) groups is 2. The average Bonchev–Trinajstić information content (AvgIpc) is 2.47. The zero-order valence-electron chi connectivity index (χ0n) is 11.6. The van der Waals surface area contributed by atoms with Gasteiger partial charge in [0.15, 0.2) is 0 Å². The predicted octanol–water partition coefficient (Wildman–Crippen LogP) is 1.81. The van der Waals surface area contributed by atoms with Gasteiger partial charge < -0.3 is 5.11 Å². The number of hydrogen-bond acceptors (Lipinski definition) is 4. The molecule has 0 heterocycles. The van der Waals surface area contributed by atoms with E-state index in [2.05, 4.69) is 0 Å². The number of aryl methyl sites for hydroxylation is 1. The Morgan fingerprint density at radius 1 is 0.955 bits per heavy atom. The Labute approximate surface area is 127 Å². The lowest BCUT2D eigenvalue weighted by atomic mass is 10.1. The van der Waals surface area contributed by atoms with Gasteiger partial charge in [0.1, 0.15) is 0 Å². The first-order chi connectivity index (χ1) is 10.3. The lowest BCUT2D eigenvalue weighted by molar-refractivity contribution is 0.0691. The Hall–Kier alpha value is -2.67. The van der Waals surface area contributed by atoms with Gasteiger partial charge in [0.05, 0.1) is 16.0 Å². The fraction of sp³-hybridized carbons (Fsp3) is 0.0667. The number of carboxylic acid groups (broad SMARTS) is 1. The van der Waals surface area contributed by atoms with Crippen molar-refractivity contribution < 1.29 is 23.1 Å². The molecule has 2 N–H and O–H groups in total. The van der Waals surface area contributed by atoms with Gasteiger partial charge in [0.25, 0.3) is 15.9 Å². The van der Waals surface area contributed by atoms with Gasteiger partial charge in [-0.05, 0) is 31.2 Å². The molecule has 7 heteroatoms. The lowest BCUT2D eigenvalue weighted by Gasteiger charge is -2.09. The standard InChI is InChI=1S/C15H13NO5S/c1-10-6-8-11(9-7-10)22(20,21)16-14(17)12-4-2-3-5-13(12)15(18)19/h2-9H,1H3,(H,16,17)(H,18,19). The second-order valence-electron chi connectivity index (χ2n) is 4.60. The first-order valence-corrected chi connectivity index (χ1v) is 7.76. The maximum atomic E-state index is 12.1. The minimum atomic E-state index is -4.06. The summed E-state index contributed by atoms with van der Waals surface area (Å²) in [5.74, 6) is -2.29. The quantitative estimate of drug-likeness (QED) is 0.895. The van der Waals surface area contributed by atoms with Gasteiger partial charge in [0.2, 0.25) is 0 Å². The van der Waals surface area contributed by atoms with E-state index in [1.54, 1.807) is 19.1 Å². The fourth-order valence-corrected chi connectivity index (χ4v) is 2.79. The smallest absolute Gasteiger partial charge is 0.336 e. The highest BCUT2D eigenvalue weighted by Crippen LogP contribution is 2.13. The molecular weight excluding hydrogens is 306 g/mol. The molecule has 0 radical (unpaired) electrons. The summed E-state index contributed by atoms with van der Waals surface area (Å²) in [4.78, 5) is 23.1. The molecule has 2 aromatic rings. The van der Waals surface area contributed by atoms with Crippen molar-refractivity contribution >= 4 is 21.9 Å². The van der Waals surface area contributed by atoms with Crippen LogP contribution in [0.25, 0.3) is 0 Å². The molecule has 0 unspecified atom stereocenters. The highest BCUT2D eigenvalue weighted by atomic mass is 32.2. The normalized spacial score (nSPS) is 11.0. The van der Waals surface area contributed by atoms with Crippen molar-refractivity contribution in [3.05, 3.63) is 65.2 Å². The van der Waals surface area contributed by atoms with Gasteiger partial charge in [-0.15, -0.1) is 0 Å². The van der Waals surface area contributed by atoms with Crippen molar-refractivity contribution in [3.8, 4) is 0 Å². The fourth-order valence-electron chi connectivity index (χ4n) is 1.82. The van der Waals surface area contributed by atoms with Crippen LogP contribution in [0.3, 0.4) is 0 Å².